The molecule has 0 radical (unpaired) electrons. The van der Waals surface area contributed by atoms with Crippen LogP contribution in [-0.2, 0) is 9.53 Å². The van der Waals surface area contributed by atoms with Crippen LogP contribution in [0.1, 0.15) is 71.6 Å². The summed E-state index contributed by atoms with van der Waals surface area (Å²) in [5.74, 6) is 0.116. The topological polar surface area (TPSA) is 66.8 Å². The third-order valence-corrected chi connectivity index (χ3v) is 4.19. The summed E-state index contributed by atoms with van der Waals surface area (Å²) in [4.78, 5) is 11.5. The van der Waals surface area contributed by atoms with Crippen LogP contribution in [0.15, 0.2) is 48.6 Å². The second-order valence-corrected chi connectivity index (χ2v) is 6.99. The molecule has 0 aliphatic heterocycles. The third-order valence-electron chi connectivity index (χ3n) is 4.19. The second-order valence-electron chi connectivity index (χ2n) is 6.99. The van der Waals surface area contributed by atoms with Crippen LogP contribution in [0.25, 0.3) is 0 Å². The molecule has 0 aliphatic carbocycles. The van der Waals surface area contributed by atoms with E-state index in [1.54, 1.807) is 0 Å². The van der Waals surface area contributed by atoms with Gasteiger partial charge in [-0.25, -0.2) is 0 Å². The molecule has 0 unspecified atom stereocenters. The van der Waals surface area contributed by atoms with Crippen molar-refractivity contribution in [3.8, 4) is 0 Å². The fourth-order valence-electron chi connectivity index (χ4n) is 2.49. The van der Waals surface area contributed by atoms with Gasteiger partial charge < -0.3 is 14.9 Å². The number of unbranched alkanes of at least 4 members (excludes halogenated alkanes) is 4. The quantitative estimate of drug-likeness (QED) is 0.201. The number of allylic oxidation sites excluding steroid dienone is 8. The van der Waals surface area contributed by atoms with Crippen molar-refractivity contribution in [2.24, 2.45) is 5.92 Å². The minimum Gasteiger partial charge on any atom is -0.457 e. The van der Waals surface area contributed by atoms with Crippen molar-refractivity contribution in [1.29, 1.82) is 0 Å². The summed E-state index contributed by atoms with van der Waals surface area (Å²) < 4.78 is 4.90. The highest BCUT2D eigenvalue weighted by Crippen LogP contribution is 2.06. The van der Waals surface area contributed by atoms with Crippen LogP contribution < -0.4 is 0 Å². The van der Waals surface area contributed by atoms with E-state index in [-0.39, 0.29) is 19.2 Å². The molecule has 0 spiro atoms. The lowest BCUT2D eigenvalue weighted by Gasteiger charge is -2.11. The molecule has 0 aliphatic rings. The summed E-state index contributed by atoms with van der Waals surface area (Å²) in [5.41, 5.74) is 0. The van der Waals surface area contributed by atoms with E-state index in [1.807, 2.05) is 0 Å². The molecule has 0 fully saturated rings. The Balaban J connectivity index is 3.69. The standard InChI is InChI=1S/C24H40O4/c1-3-4-5-11-14-17-22(2)18-15-12-9-7-6-8-10-13-16-19-24(27)28-23(20-25)21-26/h7-10,14-15,17-18,22-23,25-26H,3-6,11-13,16,19-21H2,1-2H3/b9-7-,10-8-,17-14-,18-15-/t22-/m1/s1. The molecule has 0 heterocycles. The number of hydrogen-bond donors (Lipinski definition) is 2. The maximum Gasteiger partial charge on any atom is 0.306 e. The van der Waals surface area contributed by atoms with Gasteiger partial charge in [0, 0.05) is 6.42 Å². The zero-order valence-electron chi connectivity index (χ0n) is 17.8. The SMILES string of the molecule is CCCCC/C=C\[C@@H](C)/C=C\C/C=C\C/C=C\CCCC(=O)OC(CO)CO. The van der Waals surface area contributed by atoms with Crippen molar-refractivity contribution in [3.63, 3.8) is 0 Å². The van der Waals surface area contributed by atoms with E-state index in [1.165, 1.54) is 25.7 Å². The normalized spacial score (nSPS) is 13.6. The maximum absolute atomic E-state index is 11.5. The largest absolute Gasteiger partial charge is 0.457 e. The van der Waals surface area contributed by atoms with Gasteiger partial charge in [-0.15, -0.1) is 0 Å². The smallest absolute Gasteiger partial charge is 0.306 e. The molecule has 0 rings (SSSR count). The number of ether oxygens (including phenoxy) is 1. The predicted octanol–water partition coefficient (Wildman–Crippen LogP) is 5.27. The second kappa shape index (κ2) is 20.1. The molecule has 4 heteroatoms. The molecule has 160 valence electrons. The zero-order chi connectivity index (χ0) is 20.9. The van der Waals surface area contributed by atoms with E-state index in [0.29, 0.717) is 18.8 Å². The van der Waals surface area contributed by atoms with Gasteiger partial charge in [-0.05, 0) is 44.4 Å². The van der Waals surface area contributed by atoms with E-state index in [2.05, 4.69) is 62.5 Å². The van der Waals surface area contributed by atoms with Gasteiger partial charge >= 0.3 is 5.97 Å². The Kier molecular flexibility index (Phi) is 18.9. The molecular weight excluding hydrogens is 352 g/mol. The number of carbonyl (C=O) groups excluding carboxylic acids is 1. The minimum absolute atomic E-state index is 0.298. The lowest BCUT2D eigenvalue weighted by molar-refractivity contribution is -0.153. The van der Waals surface area contributed by atoms with Gasteiger partial charge in [0.1, 0.15) is 6.10 Å². The first kappa shape index (κ1) is 26.4. The first-order valence-electron chi connectivity index (χ1n) is 10.7. The molecule has 0 amide bonds. The van der Waals surface area contributed by atoms with Crippen LogP contribution in [0.5, 0.6) is 0 Å². The third kappa shape index (κ3) is 17.7. The van der Waals surface area contributed by atoms with Gasteiger partial charge in [-0.3, -0.25) is 4.79 Å². The van der Waals surface area contributed by atoms with Gasteiger partial charge in [0.25, 0.3) is 0 Å². The highest BCUT2D eigenvalue weighted by Gasteiger charge is 2.11. The van der Waals surface area contributed by atoms with E-state index >= 15 is 0 Å². The monoisotopic (exact) mass is 392 g/mol. The molecular formula is C24H40O4. The number of hydrogen-bond acceptors (Lipinski definition) is 4. The Labute approximate surface area is 171 Å². The van der Waals surface area contributed by atoms with Crippen molar-refractivity contribution in [3.05, 3.63) is 48.6 Å². The molecule has 0 saturated carbocycles. The van der Waals surface area contributed by atoms with Crippen LogP contribution in [0.2, 0.25) is 0 Å². The zero-order valence-corrected chi connectivity index (χ0v) is 17.8. The Hall–Kier alpha value is -1.65. The Morgan fingerprint density at radius 3 is 2.14 bits per heavy atom. The maximum atomic E-state index is 11.5. The molecule has 28 heavy (non-hydrogen) atoms. The van der Waals surface area contributed by atoms with Gasteiger partial charge in [0.2, 0.25) is 0 Å². The highest BCUT2D eigenvalue weighted by molar-refractivity contribution is 5.69. The average Bonchev–Trinajstić information content (AvgIpc) is 2.70. The van der Waals surface area contributed by atoms with Crippen molar-refractivity contribution < 1.29 is 19.7 Å². The summed E-state index contributed by atoms with van der Waals surface area (Å²) >= 11 is 0. The first-order chi connectivity index (χ1) is 13.6. The van der Waals surface area contributed by atoms with Crippen LogP contribution in [0.4, 0.5) is 0 Å². The summed E-state index contributed by atoms with van der Waals surface area (Å²) in [6.45, 7) is 3.74. The molecule has 0 aromatic carbocycles. The van der Waals surface area contributed by atoms with Crippen molar-refractivity contribution in [1.82, 2.24) is 0 Å². The molecule has 4 nitrogen and oxygen atoms in total. The summed E-state index contributed by atoms with van der Waals surface area (Å²) in [6, 6.07) is 0. The van der Waals surface area contributed by atoms with Crippen molar-refractivity contribution in [2.45, 2.75) is 77.7 Å². The van der Waals surface area contributed by atoms with Crippen molar-refractivity contribution >= 4 is 5.97 Å². The summed E-state index contributed by atoms with van der Waals surface area (Å²) in [6.07, 6.45) is 25.4. The Bertz CT molecular complexity index is 473. The van der Waals surface area contributed by atoms with E-state index < -0.39 is 6.10 Å². The Morgan fingerprint density at radius 2 is 1.46 bits per heavy atom. The van der Waals surface area contributed by atoms with Gasteiger partial charge in [-0.2, -0.15) is 0 Å². The van der Waals surface area contributed by atoms with E-state index in [0.717, 1.165) is 19.3 Å². The molecule has 0 saturated heterocycles. The Morgan fingerprint density at radius 1 is 0.857 bits per heavy atom. The number of aliphatic hydroxyl groups excluding tert-OH is 2. The fraction of sp³-hybridized carbons (Fsp3) is 0.625. The number of esters is 1. The molecule has 0 bridgehead atoms. The molecule has 1 atom stereocenters. The fourth-order valence-corrected chi connectivity index (χ4v) is 2.49. The number of aliphatic hydroxyl groups is 2. The van der Waals surface area contributed by atoms with Crippen LogP contribution >= 0.6 is 0 Å². The van der Waals surface area contributed by atoms with Crippen LogP contribution in [0.3, 0.4) is 0 Å². The lowest BCUT2D eigenvalue weighted by atomic mass is 10.1. The number of rotatable bonds is 17. The summed E-state index contributed by atoms with van der Waals surface area (Å²) in [5, 5.41) is 17.7. The lowest BCUT2D eigenvalue weighted by Crippen LogP contribution is -2.25. The van der Waals surface area contributed by atoms with Crippen molar-refractivity contribution in [2.75, 3.05) is 13.2 Å². The van der Waals surface area contributed by atoms with E-state index in [4.69, 9.17) is 14.9 Å². The summed E-state index contributed by atoms with van der Waals surface area (Å²) in [7, 11) is 0. The highest BCUT2D eigenvalue weighted by atomic mass is 16.6. The van der Waals surface area contributed by atoms with Gasteiger partial charge in [-0.1, -0.05) is 75.3 Å². The van der Waals surface area contributed by atoms with Crippen LogP contribution in [-0.4, -0.2) is 35.5 Å². The minimum atomic E-state index is -0.799. The van der Waals surface area contributed by atoms with E-state index in [9.17, 15) is 4.79 Å². The van der Waals surface area contributed by atoms with Gasteiger partial charge in [0.15, 0.2) is 0 Å². The molecule has 2 N–H and O–H groups in total. The molecule has 0 aromatic heterocycles. The van der Waals surface area contributed by atoms with Crippen LogP contribution in [0, 0.1) is 5.92 Å². The number of carbonyl (C=O) groups is 1. The predicted molar refractivity (Wildman–Crippen MR) is 117 cm³/mol. The average molecular weight is 393 g/mol. The molecule has 0 aromatic rings. The first-order valence-corrected chi connectivity index (χ1v) is 10.7. The van der Waals surface area contributed by atoms with Gasteiger partial charge in [0.05, 0.1) is 13.2 Å².